The number of hydrogen-bond acceptors (Lipinski definition) is 2. The summed E-state index contributed by atoms with van der Waals surface area (Å²) in [6.07, 6.45) is 1.80. The lowest BCUT2D eigenvalue weighted by Gasteiger charge is -2.24. The van der Waals surface area contributed by atoms with Crippen LogP contribution in [0.1, 0.15) is 40.0 Å². The molecule has 0 spiro atoms. The minimum absolute atomic E-state index is 0.0846. The zero-order chi connectivity index (χ0) is 12.0. The van der Waals surface area contributed by atoms with E-state index in [-0.39, 0.29) is 5.91 Å². The Morgan fingerprint density at radius 3 is 2.13 bits per heavy atom. The van der Waals surface area contributed by atoms with Crippen LogP contribution >= 0.6 is 0 Å². The number of amides is 1. The van der Waals surface area contributed by atoms with E-state index in [1.807, 2.05) is 13.8 Å². The van der Waals surface area contributed by atoms with Gasteiger partial charge in [-0.15, -0.1) is 0 Å². The molecule has 0 radical (unpaired) electrons. The van der Waals surface area contributed by atoms with Crippen molar-refractivity contribution >= 4 is 11.9 Å². The van der Waals surface area contributed by atoms with Crippen molar-refractivity contribution in [3.8, 4) is 0 Å². The highest BCUT2D eigenvalue weighted by atomic mass is 16.4. The van der Waals surface area contributed by atoms with Crippen LogP contribution in [0, 0.1) is 5.92 Å². The van der Waals surface area contributed by atoms with Crippen LogP contribution in [-0.4, -0.2) is 35.0 Å². The first-order chi connectivity index (χ1) is 6.93. The van der Waals surface area contributed by atoms with Gasteiger partial charge in [-0.25, -0.2) is 4.79 Å². The predicted octanol–water partition coefficient (Wildman–Crippen LogP) is 1.74. The molecule has 0 fully saturated rings. The molecule has 1 amide bonds. The molecule has 0 saturated heterocycles. The average Bonchev–Trinajstić information content (AvgIpc) is 2.17. The number of nitrogens with zero attached hydrogens (tertiary/aromatic N) is 1. The molecule has 0 heterocycles. The topological polar surface area (TPSA) is 57.6 Å². The zero-order valence-electron chi connectivity index (χ0n) is 9.99. The van der Waals surface area contributed by atoms with Gasteiger partial charge in [0.1, 0.15) is 6.04 Å². The standard InChI is InChI=1S/C11H21NO3/c1-5-8(3)7-10(13)12(4)9(6-2)11(14)15/h8-9H,5-7H2,1-4H3,(H,14,15). The summed E-state index contributed by atoms with van der Waals surface area (Å²) in [5, 5.41) is 8.89. The molecule has 0 rings (SSSR count). The van der Waals surface area contributed by atoms with Gasteiger partial charge in [-0.1, -0.05) is 27.2 Å². The van der Waals surface area contributed by atoms with E-state index in [9.17, 15) is 9.59 Å². The summed E-state index contributed by atoms with van der Waals surface area (Å²) in [5.41, 5.74) is 0. The summed E-state index contributed by atoms with van der Waals surface area (Å²) in [6.45, 7) is 5.78. The molecule has 0 aliphatic rings. The van der Waals surface area contributed by atoms with Gasteiger partial charge in [0.15, 0.2) is 0 Å². The fourth-order valence-corrected chi connectivity index (χ4v) is 1.37. The second kappa shape index (κ2) is 6.43. The van der Waals surface area contributed by atoms with E-state index in [1.165, 1.54) is 4.90 Å². The normalized spacial score (nSPS) is 14.4. The summed E-state index contributed by atoms with van der Waals surface area (Å²) in [5.74, 6) is -0.706. The Morgan fingerprint density at radius 2 is 1.80 bits per heavy atom. The summed E-state index contributed by atoms with van der Waals surface area (Å²) in [4.78, 5) is 23.9. The number of carbonyl (C=O) groups is 2. The fourth-order valence-electron chi connectivity index (χ4n) is 1.37. The summed E-state index contributed by atoms with van der Waals surface area (Å²) in [6, 6.07) is -0.693. The van der Waals surface area contributed by atoms with Crippen molar-refractivity contribution in [3.63, 3.8) is 0 Å². The number of hydrogen-bond donors (Lipinski definition) is 1. The Kier molecular flexibility index (Phi) is 5.97. The van der Waals surface area contributed by atoms with Gasteiger partial charge in [-0.05, 0) is 12.3 Å². The molecular formula is C11H21NO3. The SMILES string of the molecule is CCC(C)CC(=O)N(C)C(CC)C(=O)O. The summed E-state index contributed by atoms with van der Waals surface area (Å²) < 4.78 is 0. The minimum atomic E-state index is -0.933. The molecule has 0 aromatic rings. The van der Waals surface area contributed by atoms with E-state index in [4.69, 9.17) is 5.11 Å². The van der Waals surface area contributed by atoms with Crippen LogP contribution in [-0.2, 0) is 9.59 Å². The molecule has 0 bridgehead atoms. The van der Waals surface area contributed by atoms with Gasteiger partial charge in [0.25, 0.3) is 0 Å². The molecule has 4 heteroatoms. The van der Waals surface area contributed by atoms with Gasteiger partial charge in [-0.2, -0.15) is 0 Å². The smallest absolute Gasteiger partial charge is 0.326 e. The quantitative estimate of drug-likeness (QED) is 0.734. The minimum Gasteiger partial charge on any atom is -0.480 e. The van der Waals surface area contributed by atoms with Gasteiger partial charge in [-0.3, -0.25) is 4.79 Å². The third-order valence-corrected chi connectivity index (χ3v) is 2.75. The highest BCUT2D eigenvalue weighted by Gasteiger charge is 2.24. The predicted molar refractivity (Wildman–Crippen MR) is 58.6 cm³/mol. The Balaban J connectivity index is 4.35. The number of rotatable bonds is 6. The first-order valence-corrected chi connectivity index (χ1v) is 5.42. The van der Waals surface area contributed by atoms with Crippen LogP contribution in [0.15, 0.2) is 0 Å². The molecule has 0 saturated carbocycles. The summed E-state index contributed by atoms with van der Waals surface area (Å²) >= 11 is 0. The largest absolute Gasteiger partial charge is 0.480 e. The van der Waals surface area contributed by atoms with Gasteiger partial charge < -0.3 is 10.0 Å². The number of likely N-dealkylation sites (N-methyl/N-ethyl adjacent to an activating group) is 1. The number of carboxylic acids is 1. The van der Waals surface area contributed by atoms with Crippen LogP contribution in [0.5, 0.6) is 0 Å². The highest BCUT2D eigenvalue weighted by Crippen LogP contribution is 2.11. The fraction of sp³-hybridized carbons (Fsp3) is 0.818. The average molecular weight is 215 g/mol. The van der Waals surface area contributed by atoms with Crippen molar-refractivity contribution in [2.75, 3.05) is 7.05 Å². The van der Waals surface area contributed by atoms with Crippen molar-refractivity contribution in [2.45, 2.75) is 46.1 Å². The molecule has 0 aliphatic heterocycles. The van der Waals surface area contributed by atoms with Crippen LogP contribution in [0.3, 0.4) is 0 Å². The van der Waals surface area contributed by atoms with E-state index in [1.54, 1.807) is 14.0 Å². The second-order valence-corrected chi connectivity index (χ2v) is 3.98. The van der Waals surface area contributed by atoms with E-state index in [0.717, 1.165) is 6.42 Å². The van der Waals surface area contributed by atoms with E-state index < -0.39 is 12.0 Å². The Bertz CT molecular complexity index is 228. The van der Waals surface area contributed by atoms with Crippen LogP contribution in [0.2, 0.25) is 0 Å². The monoisotopic (exact) mass is 215 g/mol. The molecule has 2 atom stereocenters. The lowest BCUT2D eigenvalue weighted by atomic mass is 10.0. The van der Waals surface area contributed by atoms with Gasteiger partial charge in [0.2, 0.25) is 5.91 Å². The maximum absolute atomic E-state index is 11.7. The third kappa shape index (κ3) is 4.32. The van der Waals surface area contributed by atoms with Gasteiger partial charge >= 0.3 is 5.97 Å². The van der Waals surface area contributed by atoms with Gasteiger partial charge in [0, 0.05) is 13.5 Å². The lowest BCUT2D eigenvalue weighted by Crippen LogP contribution is -2.42. The molecule has 15 heavy (non-hydrogen) atoms. The third-order valence-electron chi connectivity index (χ3n) is 2.75. The van der Waals surface area contributed by atoms with Crippen molar-refractivity contribution in [3.05, 3.63) is 0 Å². The molecule has 0 aliphatic carbocycles. The first kappa shape index (κ1) is 13.9. The van der Waals surface area contributed by atoms with Crippen molar-refractivity contribution in [1.82, 2.24) is 4.90 Å². The van der Waals surface area contributed by atoms with E-state index in [2.05, 4.69) is 0 Å². The number of carboxylic acid groups (broad SMARTS) is 1. The van der Waals surface area contributed by atoms with E-state index in [0.29, 0.717) is 18.8 Å². The highest BCUT2D eigenvalue weighted by molar-refractivity contribution is 5.83. The zero-order valence-corrected chi connectivity index (χ0v) is 9.99. The molecular weight excluding hydrogens is 194 g/mol. The van der Waals surface area contributed by atoms with Crippen LogP contribution in [0.4, 0.5) is 0 Å². The first-order valence-electron chi connectivity index (χ1n) is 5.42. The maximum Gasteiger partial charge on any atom is 0.326 e. The van der Waals surface area contributed by atoms with Crippen molar-refractivity contribution in [2.24, 2.45) is 5.92 Å². The Morgan fingerprint density at radius 1 is 1.27 bits per heavy atom. The Hall–Kier alpha value is -1.06. The molecule has 1 N–H and O–H groups in total. The van der Waals surface area contributed by atoms with Crippen molar-refractivity contribution < 1.29 is 14.7 Å². The van der Waals surface area contributed by atoms with Crippen molar-refractivity contribution in [1.29, 1.82) is 0 Å². The molecule has 0 aromatic carbocycles. The maximum atomic E-state index is 11.7. The molecule has 4 nitrogen and oxygen atoms in total. The molecule has 2 unspecified atom stereocenters. The summed E-state index contributed by atoms with van der Waals surface area (Å²) in [7, 11) is 1.56. The van der Waals surface area contributed by atoms with E-state index >= 15 is 0 Å². The second-order valence-electron chi connectivity index (χ2n) is 3.98. The number of aliphatic carboxylic acids is 1. The van der Waals surface area contributed by atoms with Crippen LogP contribution < -0.4 is 0 Å². The Labute approximate surface area is 91.3 Å². The molecule has 88 valence electrons. The lowest BCUT2D eigenvalue weighted by molar-refractivity contribution is -0.149. The number of carbonyl (C=O) groups excluding carboxylic acids is 1. The molecule has 0 aromatic heterocycles. The van der Waals surface area contributed by atoms with Crippen LogP contribution in [0.25, 0.3) is 0 Å². The van der Waals surface area contributed by atoms with Gasteiger partial charge in [0.05, 0.1) is 0 Å².